The third-order valence-electron chi connectivity index (χ3n) is 13.1. The highest BCUT2D eigenvalue weighted by Gasteiger charge is 2.19. The van der Waals surface area contributed by atoms with E-state index >= 15 is 0 Å². The van der Waals surface area contributed by atoms with Crippen LogP contribution in [0.5, 0.6) is 0 Å². The lowest BCUT2D eigenvalue weighted by Gasteiger charge is -2.17. The molecule has 0 N–H and O–H groups in total. The zero-order valence-electron chi connectivity index (χ0n) is 33.7. The second-order valence-electron chi connectivity index (χ2n) is 16.4. The fraction of sp³-hybridized carbons (Fsp3) is 0. The van der Waals surface area contributed by atoms with Gasteiger partial charge in [0.2, 0.25) is 0 Å². The van der Waals surface area contributed by atoms with E-state index < -0.39 is 0 Å². The van der Waals surface area contributed by atoms with Crippen LogP contribution < -0.4 is 0 Å². The summed E-state index contributed by atoms with van der Waals surface area (Å²) in [7, 11) is 0. The fourth-order valence-electron chi connectivity index (χ4n) is 10.2. The molecule has 13 aromatic rings. The van der Waals surface area contributed by atoms with Crippen LogP contribution in [0.25, 0.3) is 131 Å². The first kappa shape index (κ1) is 34.6. The summed E-state index contributed by atoms with van der Waals surface area (Å²) in [4.78, 5) is 9.88. The molecule has 286 valence electrons. The van der Waals surface area contributed by atoms with Crippen LogP contribution >= 0.6 is 0 Å². The van der Waals surface area contributed by atoms with Gasteiger partial charge in [0.05, 0.1) is 11.2 Å². The molecule has 0 aliphatic heterocycles. The molecule has 0 amide bonds. The summed E-state index contributed by atoms with van der Waals surface area (Å²) in [5.41, 5.74) is 10.0. The Morgan fingerprint density at radius 3 is 1.13 bits per heavy atom. The van der Waals surface area contributed by atoms with Gasteiger partial charge in [-0.3, -0.25) is 4.98 Å². The van der Waals surface area contributed by atoms with E-state index in [0.717, 1.165) is 44.2 Å². The zero-order valence-corrected chi connectivity index (χ0v) is 33.7. The molecule has 0 unspecified atom stereocenters. The minimum atomic E-state index is 0.953. The van der Waals surface area contributed by atoms with Crippen LogP contribution in [0.4, 0.5) is 0 Å². The molecule has 11 aromatic carbocycles. The van der Waals surface area contributed by atoms with Crippen LogP contribution in [-0.4, -0.2) is 9.97 Å². The summed E-state index contributed by atoms with van der Waals surface area (Å²) in [5, 5.41) is 18.6. The molecule has 62 heavy (non-hydrogen) atoms. The lowest BCUT2D eigenvalue weighted by molar-refractivity contribution is 1.33. The molecule has 0 fully saturated rings. The highest BCUT2D eigenvalue weighted by Crippen LogP contribution is 2.44. The number of hydrogen-bond acceptors (Lipinski definition) is 2. The van der Waals surface area contributed by atoms with E-state index in [-0.39, 0.29) is 0 Å². The van der Waals surface area contributed by atoms with Gasteiger partial charge in [0.25, 0.3) is 0 Å². The van der Waals surface area contributed by atoms with Crippen molar-refractivity contribution in [2.75, 3.05) is 0 Å². The van der Waals surface area contributed by atoms with E-state index in [1.165, 1.54) is 86.7 Å². The maximum atomic E-state index is 5.64. The molecule has 2 heterocycles. The molecular weight excluding hydrogens is 749 g/mol. The molecular formula is C60H36N2. The molecule has 2 nitrogen and oxygen atoms in total. The van der Waals surface area contributed by atoms with Gasteiger partial charge in [0, 0.05) is 28.7 Å². The Labute approximate surface area is 358 Å². The lowest BCUT2D eigenvalue weighted by atomic mass is 9.88. The van der Waals surface area contributed by atoms with Gasteiger partial charge in [0.1, 0.15) is 0 Å². The molecule has 0 aliphatic rings. The van der Waals surface area contributed by atoms with Gasteiger partial charge in [0.15, 0.2) is 0 Å². The van der Waals surface area contributed by atoms with Gasteiger partial charge < -0.3 is 0 Å². The Bertz CT molecular complexity index is 3890. The largest absolute Gasteiger partial charge is 0.265 e. The second kappa shape index (κ2) is 13.7. The predicted octanol–water partition coefficient (Wildman–Crippen LogP) is 16.4. The average molecular weight is 785 g/mol. The third kappa shape index (κ3) is 5.30. The van der Waals surface area contributed by atoms with Crippen molar-refractivity contribution in [2.24, 2.45) is 0 Å². The van der Waals surface area contributed by atoms with Crippen molar-refractivity contribution < 1.29 is 0 Å². The summed E-state index contributed by atoms with van der Waals surface area (Å²) in [6.45, 7) is 0. The van der Waals surface area contributed by atoms with Crippen LogP contribution in [-0.2, 0) is 0 Å². The number of nitrogens with zero attached hydrogens (tertiary/aromatic N) is 2. The zero-order chi connectivity index (χ0) is 40.7. The Morgan fingerprint density at radius 2 is 0.597 bits per heavy atom. The topological polar surface area (TPSA) is 25.8 Å². The number of hydrogen-bond donors (Lipinski definition) is 0. The first-order valence-corrected chi connectivity index (χ1v) is 21.3. The van der Waals surface area contributed by atoms with Crippen molar-refractivity contribution in [1.82, 2.24) is 9.97 Å². The van der Waals surface area contributed by atoms with Gasteiger partial charge in [-0.25, -0.2) is 4.98 Å². The number of fused-ring (bicyclic) bond motifs is 15. The van der Waals surface area contributed by atoms with Gasteiger partial charge in [-0.1, -0.05) is 170 Å². The number of aromatic nitrogens is 2. The summed E-state index contributed by atoms with van der Waals surface area (Å²) in [5.74, 6) is 0. The number of pyridine rings is 2. The first-order valence-electron chi connectivity index (χ1n) is 21.3. The molecule has 0 radical (unpaired) electrons. The van der Waals surface area contributed by atoms with E-state index in [9.17, 15) is 0 Å². The molecule has 2 heteroatoms. The van der Waals surface area contributed by atoms with Crippen LogP contribution in [0.3, 0.4) is 0 Å². The molecule has 0 bridgehead atoms. The summed E-state index contributed by atoms with van der Waals surface area (Å²) in [6, 6.07) is 75.8. The van der Waals surface area contributed by atoms with Crippen LogP contribution in [0.1, 0.15) is 0 Å². The highest BCUT2D eigenvalue weighted by atomic mass is 14.7. The quantitative estimate of drug-likeness (QED) is 0.166. The molecule has 0 saturated carbocycles. The fourth-order valence-corrected chi connectivity index (χ4v) is 10.2. The van der Waals surface area contributed by atoms with Gasteiger partial charge in [-0.05, 0) is 140 Å². The molecule has 0 atom stereocenters. The summed E-state index contributed by atoms with van der Waals surface area (Å²) < 4.78 is 0. The monoisotopic (exact) mass is 784 g/mol. The molecule has 13 rings (SSSR count). The third-order valence-corrected chi connectivity index (χ3v) is 13.1. The Hall–Kier alpha value is -8.20. The minimum Gasteiger partial charge on any atom is -0.265 e. The maximum absolute atomic E-state index is 5.64. The van der Waals surface area contributed by atoms with Crippen molar-refractivity contribution in [1.29, 1.82) is 0 Å². The van der Waals surface area contributed by atoms with E-state index in [1.54, 1.807) is 0 Å². The van der Waals surface area contributed by atoms with E-state index in [1.807, 2.05) is 12.4 Å². The second-order valence-corrected chi connectivity index (χ2v) is 16.4. The Kier molecular flexibility index (Phi) is 7.64. The normalized spacial score (nSPS) is 11.9. The van der Waals surface area contributed by atoms with Crippen molar-refractivity contribution in [2.45, 2.75) is 0 Å². The van der Waals surface area contributed by atoms with Crippen LogP contribution in [0.2, 0.25) is 0 Å². The highest BCUT2D eigenvalue weighted by molar-refractivity contribution is 6.27. The van der Waals surface area contributed by atoms with Crippen molar-refractivity contribution in [3.63, 3.8) is 0 Å². The maximum Gasteiger partial charge on any atom is 0.0794 e. The lowest BCUT2D eigenvalue weighted by Crippen LogP contribution is -1.94. The van der Waals surface area contributed by atoms with Crippen LogP contribution in [0, 0.1) is 0 Å². The van der Waals surface area contributed by atoms with Gasteiger partial charge in [-0.2, -0.15) is 0 Å². The van der Waals surface area contributed by atoms with E-state index in [4.69, 9.17) is 4.98 Å². The Balaban J connectivity index is 1.11. The molecule has 2 aromatic heterocycles. The Morgan fingerprint density at radius 1 is 0.226 bits per heavy atom. The summed E-state index contributed by atoms with van der Waals surface area (Å²) in [6.07, 6.45) is 3.70. The predicted molar refractivity (Wildman–Crippen MR) is 264 cm³/mol. The first-order chi connectivity index (χ1) is 30.7. The van der Waals surface area contributed by atoms with Crippen molar-refractivity contribution in [3.05, 3.63) is 219 Å². The molecule has 0 spiro atoms. The van der Waals surface area contributed by atoms with Gasteiger partial charge in [-0.15, -0.1) is 0 Å². The molecule has 0 aliphatic carbocycles. The molecule has 0 saturated heterocycles. The van der Waals surface area contributed by atoms with Crippen LogP contribution in [0.15, 0.2) is 219 Å². The minimum absolute atomic E-state index is 0.953. The SMILES string of the molecule is c1ccc2c(c1)c(-c1ccc(-c3ccncc3)cc1)cc1c(-c3ccc4c5ccccc5c5ccccc5c4c3)cc(-c3ccc4c5ccccc5c5ccccc5c4c3)nc12. The van der Waals surface area contributed by atoms with Gasteiger partial charge >= 0.3 is 0 Å². The van der Waals surface area contributed by atoms with Crippen molar-refractivity contribution >= 4 is 86.3 Å². The average Bonchev–Trinajstić information content (AvgIpc) is 3.36. The standard InChI is InChI=1S/C60H36N2/c1-3-15-46-42(11-1)44-13-5-7-17-48(44)56-33-40(25-27-51(46)56)55-36-59(41-26-28-52-47-16-4-2-12-43(47)45-14-6-8-18-49(45)57(52)34-41)62-60-53-20-10-9-19-50(53)54(35-58(55)60)39-23-21-37(22-24-39)38-29-31-61-32-30-38/h1-36H. The summed E-state index contributed by atoms with van der Waals surface area (Å²) >= 11 is 0. The van der Waals surface area contributed by atoms with E-state index in [0.29, 0.717) is 0 Å². The van der Waals surface area contributed by atoms with Crippen molar-refractivity contribution in [3.8, 4) is 44.6 Å². The number of benzene rings is 11. The smallest absolute Gasteiger partial charge is 0.0794 e. The van der Waals surface area contributed by atoms with E-state index in [2.05, 4.69) is 211 Å². The number of rotatable bonds is 4.